The van der Waals surface area contributed by atoms with Crippen molar-refractivity contribution in [1.29, 1.82) is 0 Å². The number of hydrogen-bond acceptors (Lipinski definition) is 2. The van der Waals surface area contributed by atoms with E-state index >= 15 is 0 Å². The fraction of sp³-hybridized carbons (Fsp3) is 0.462. The molecule has 0 unspecified atom stereocenters. The molecule has 0 spiro atoms. The van der Waals surface area contributed by atoms with Gasteiger partial charge in [0.2, 0.25) is 0 Å². The SMILES string of the molecule is CC(C)COC(=O)CCc1ccc(F)cc1. The second-order valence-corrected chi connectivity index (χ2v) is 4.20. The molecule has 0 aliphatic rings. The number of aryl methyl sites for hydroxylation is 1. The van der Waals surface area contributed by atoms with Crippen LogP contribution < -0.4 is 0 Å². The molecule has 0 aromatic heterocycles. The van der Waals surface area contributed by atoms with Crippen molar-refractivity contribution in [2.75, 3.05) is 6.61 Å². The molecule has 0 radical (unpaired) electrons. The van der Waals surface area contributed by atoms with Gasteiger partial charge in [-0.3, -0.25) is 4.79 Å². The molecule has 0 saturated heterocycles. The summed E-state index contributed by atoms with van der Waals surface area (Å²) in [6.45, 7) is 4.45. The number of carbonyl (C=O) groups excluding carboxylic acids is 1. The van der Waals surface area contributed by atoms with Gasteiger partial charge >= 0.3 is 5.97 Å². The molecule has 0 fully saturated rings. The Morgan fingerprint density at radius 1 is 1.31 bits per heavy atom. The number of carbonyl (C=O) groups is 1. The lowest BCUT2D eigenvalue weighted by Gasteiger charge is -2.06. The summed E-state index contributed by atoms with van der Waals surface area (Å²) >= 11 is 0. The smallest absolute Gasteiger partial charge is 0.306 e. The van der Waals surface area contributed by atoms with E-state index < -0.39 is 0 Å². The van der Waals surface area contributed by atoms with Crippen LogP contribution in [0.25, 0.3) is 0 Å². The highest BCUT2D eigenvalue weighted by Gasteiger charge is 2.04. The Hall–Kier alpha value is -1.38. The summed E-state index contributed by atoms with van der Waals surface area (Å²) < 4.78 is 17.6. The van der Waals surface area contributed by atoms with Gasteiger partial charge in [0, 0.05) is 6.42 Å². The molecule has 1 aromatic rings. The van der Waals surface area contributed by atoms with Crippen LogP contribution in [0, 0.1) is 11.7 Å². The minimum absolute atomic E-state index is 0.196. The topological polar surface area (TPSA) is 26.3 Å². The summed E-state index contributed by atoms with van der Waals surface area (Å²) in [7, 11) is 0. The van der Waals surface area contributed by atoms with Gasteiger partial charge in [-0.15, -0.1) is 0 Å². The van der Waals surface area contributed by atoms with E-state index in [1.54, 1.807) is 12.1 Å². The van der Waals surface area contributed by atoms with E-state index in [4.69, 9.17) is 4.74 Å². The first-order valence-corrected chi connectivity index (χ1v) is 5.48. The average Bonchev–Trinajstić information content (AvgIpc) is 2.25. The third-order valence-electron chi connectivity index (χ3n) is 2.11. The second kappa shape index (κ2) is 6.26. The van der Waals surface area contributed by atoms with Crippen molar-refractivity contribution in [1.82, 2.24) is 0 Å². The Morgan fingerprint density at radius 3 is 2.50 bits per heavy atom. The highest BCUT2D eigenvalue weighted by Crippen LogP contribution is 2.06. The fourth-order valence-corrected chi connectivity index (χ4v) is 1.23. The van der Waals surface area contributed by atoms with Gasteiger partial charge in [-0.2, -0.15) is 0 Å². The van der Waals surface area contributed by atoms with Crippen molar-refractivity contribution in [3.05, 3.63) is 35.6 Å². The maximum atomic E-state index is 12.6. The molecule has 0 aliphatic carbocycles. The molecule has 0 heterocycles. The van der Waals surface area contributed by atoms with Crippen molar-refractivity contribution in [3.63, 3.8) is 0 Å². The van der Waals surface area contributed by atoms with Gasteiger partial charge in [0.05, 0.1) is 6.61 Å². The van der Waals surface area contributed by atoms with E-state index in [1.165, 1.54) is 12.1 Å². The minimum Gasteiger partial charge on any atom is -0.465 e. The summed E-state index contributed by atoms with van der Waals surface area (Å²) in [4.78, 5) is 11.3. The van der Waals surface area contributed by atoms with Crippen LogP contribution in [0.5, 0.6) is 0 Å². The van der Waals surface area contributed by atoms with E-state index in [0.29, 0.717) is 25.4 Å². The van der Waals surface area contributed by atoms with Crippen LogP contribution in [0.1, 0.15) is 25.8 Å². The third kappa shape index (κ3) is 4.91. The largest absolute Gasteiger partial charge is 0.465 e. The summed E-state index contributed by atoms with van der Waals surface area (Å²) in [5.41, 5.74) is 0.947. The van der Waals surface area contributed by atoms with Crippen molar-refractivity contribution < 1.29 is 13.9 Å². The number of hydrogen-bond donors (Lipinski definition) is 0. The lowest BCUT2D eigenvalue weighted by Crippen LogP contribution is -2.10. The molecule has 0 bridgehead atoms. The first-order chi connectivity index (χ1) is 7.58. The zero-order chi connectivity index (χ0) is 12.0. The van der Waals surface area contributed by atoms with Gasteiger partial charge in [-0.25, -0.2) is 4.39 Å². The lowest BCUT2D eigenvalue weighted by molar-refractivity contribution is -0.144. The molecule has 0 aliphatic heterocycles. The molecule has 0 N–H and O–H groups in total. The normalized spacial score (nSPS) is 10.5. The number of halogens is 1. The van der Waals surface area contributed by atoms with Crippen LogP contribution in [-0.4, -0.2) is 12.6 Å². The molecular weight excluding hydrogens is 207 g/mol. The quantitative estimate of drug-likeness (QED) is 0.719. The van der Waals surface area contributed by atoms with Gasteiger partial charge in [0.25, 0.3) is 0 Å². The van der Waals surface area contributed by atoms with E-state index in [2.05, 4.69) is 0 Å². The van der Waals surface area contributed by atoms with Crippen LogP contribution in [0.3, 0.4) is 0 Å². The van der Waals surface area contributed by atoms with E-state index in [0.717, 1.165) is 5.56 Å². The molecule has 2 nitrogen and oxygen atoms in total. The van der Waals surface area contributed by atoms with Crippen molar-refractivity contribution in [3.8, 4) is 0 Å². The first-order valence-electron chi connectivity index (χ1n) is 5.48. The average molecular weight is 224 g/mol. The van der Waals surface area contributed by atoms with Gasteiger partial charge in [0.15, 0.2) is 0 Å². The third-order valence-corrected chi connectivity index (χ3v) is 2.11. The minimum atomic E-state index is -0.258. The van der Waals surface area contributed by atoms with E-state index in [-0.39, 0.29) is 11.8 Å². The van der Waals surface area contributed by atoms with Crippen LogP contribution >= 0.6 is 0 Å². The van der Waals surface area contributed by atoms with Gasteiger partial charge in [-0.1, -0.05) is 26.0 Å². The van der Waals surface area contributed by atoms with E-state index in [1.807, 2.05) is 13.8 Å². The molecule has 0 saturated carbocycles. The number of benzene rings is 1. The Bertz CT molecular complexity index is 330. The molecule has 0 amide bonds. The van der Waals surface area contributed by atoms with Crippen molar-refractivity contribution >= 4 is 5.97 Å². The second-order valence-electron chi connectivity index (χ2n) is 4.20. The fourth-order valence-electron chi connectivity index (χ4n) is 1.23. The zero-order valence-corrected chi connectivity index (χ0v) is 9.70. The van der Waals surface area contributed by atoms with Gasteiger partial charge < -0.3 is 4.74 Å². The Kier molecular flexibility index (Phi) is 4.96. The summed E-state index contributed by atoms with van der Waals surface area (Å²) in [5.74, 6) is -0.0982. The van der Waals surface area contributed by atoms with Gasteiger partial charge in [0.1, 0.15) is 5.82 Å². The van der Waals surface area contributed by atoms with Crippen molar-refractivity contribution in [2.45, 2.75) is 26.7 Å². The lowest BCUT2D eigenvalue weighted by atomic mass is 10.1. The standard InChI is InChI=1S/C13H17FO2/c1-10(2)9-16-13(15)8-5-11-3-6-12(14)7-4-11/h3-4,6-7,10H,5,8-9H2,1-2H3. The zero-order valence-electron chi connectivity index (χ0n) is 9.70. The number of ether oxygens (including phenoxy) is 1. The molecule has 3 heteroatoms. The van der Waals surface area contributed by atoms with Crippen LogP contribution in [0.2, 0.25) is 0 Å². The highest BCUT2D eigenvalue weighted by atomic mass is 19.1. The molecular formula is C13H17FO2. The monoisotopic (exact) mass is 224 g/mol. The molecule has 1 rings (SSSR count). The summed E-state index contributed by atoms with van der Waals surface area (Å²) in [5, 5.41) is 0. The Balaban J connectivity index is 2.29. The summed E-state index contributed by atoms with van der Waals surface area (Å²) in [6.07, 6.45) is 0.940. The van der Waals surface area contributed by atoms with Crippen molar-refractivity contribution in [2.24, 2.45) is 5.92 Å². The summed E-state index contributed by atoms with van der Waals surface area (Å²) in [6, 6.07) is 6.17. The maximum absolute atomic E-state index is 12.6. The maximum Gasteiger partial charge on any atom is 0.306 e. The Morgan fingerprint density at radius 2 is 1.94 bits per heavy atom. The molecule has 16 heavy (non-hydrogen) atoms. The van der Waals surface area contributed by atoms with E-state index in [9.17, 15) is 9.18 Å². The molecule has 0 atom stereocenters. The predicted octanol–water partition coefficient (Wildman–Crippen LogP) is 2.96. The molecule has 88 valence electrons. The first kappa shape index (κ1) is 12.7. The van der Waals surface area contributed by atoms with Crippen LogP contribution in [0.15, 0.2) is 24.3 Å². The highest BCUT2D eigenvalue weighted by molar-refractivity contribution is 5.69. The van der Waals surface area contributed by atoms with Gasteiger partial charge in [-0.05, 0) is 30.0 Å². The number of rotatable bonds is 5. The van der Waals surface area contributed by atoms with Crippen LogP contribution in [-0.2, 0) is 16.0 Å². The van der Waals surface area contributed by atoms with Crippen LogP contribution in [0.4, 0.5) is 4.39 Å². The number of esters is 1. The Labute approximate surface area is 95.4 Å². The molecule has 1 aromatic carbocycles. The predicted molar refractivity (Wildman–Crippen MR) is 60.5 cm³/mol.